The maximum Gasteiger partial charge on any atom is 0.250 e. The van der Waals surface area contributed by atoms with Crippen molar-refractivity contribution >= 4 is 27.8 Å². The molecule has 0 spiro atoms. The molecule has 0 heterocycles. The maximum atomic E-state index is 6.93. The predicted molar refractivity (Wildman–Crippen MR) is 150 cm³/mol. The smallest absolute Gasteiger partial charge is 0.250 e. The summed E-state index contributed by atoms with van der Waals surface area (Å²) < 4.78 is 13.9. The zero-order valence-corrected chi connectivity index (χ0v) is 26.0. The van der Waals surface area contributed by atoms with E-state index in [9.17, 15) is 0 Å². The van der Waals surface area contributed by atoms with Crippen molar-refractivity contribution in [1.29, 1.82) is 0 Å². The van der Waals surface area contributed by atoms with Crippen molar-refractivity contribution in [2.45, 2.75) is 119 Å². The van der Waals surface area contributed by atoms with Gasteiger partial charge in [-0.15, -0.1) is 0 Å². The van der Waals surface area contributed by atoms with Gasteiger partial charge in [0.2, 0.25) is 0 Å². The summed E-state index contributed by atoms with van der Waals surface area (Å²) in [6.45, 7) is 36.2. The number of hydrogen-bond donors (Lipinski definition) is 0. The van der Waals surface area contributed by atoms with Crippen LogP contribution in [-0.2, 0) is 0 Å². The van der Waals surface area contributed by atoms with Gasteiger partial charge in [-0.3, -0.25) is 0 Å². The van der Waals surface area contributed by atoms with Gasteiger partial charge in [-0.1, -0.05) is 52.7 Å². The summed E-state index contributed by atoms with van der Waals surface area (Å²) in [6, 6.07) is 4.51. The van der Waals surface area contributed by atoms with Crippen molar-refractivity contribution in [3.05, 3.63) is 34.4 Å². The van der Waals surface area contributed by atoms with Gasteiger partial charge >= 0.3 is 0 Å². The predicted octanol–water partition coefficient (Wildman–Crippen LogP) is 10.1. The van der Waals surface area contributed by atoms with E-state index in [1.54, 1.807) is 0 Å². The molecule has 1 rings (SSSR count). The van der Waals surface area contributed by atoms with Crippen LogP contribution < -0.4 is 8.85 Å². The van der Waals surface area contributed by atoms with E-state index in [4.69, 9.17) is 8.85 Å². The monoisotopic (exact) mass is 474 g/mol. The third-order valence-electron chi connectivity index (χ3n) is 7.73. The van der Waals surface area contributed by atoms with Gasteiger partial charge < -0.3 is 8.85 Å². The molecule has 1 aromatic rings. The highest BCUT2D eigenvalue weighted by atomic mass is 28.4. The van der Waals surface area contributed by atoms with E-state index in [1.165, 1.54) is 22.3 Å². The Kier molecular flexibility index (Phi) is 8.57. The van der Waals surface area contributed by atoms with Crippen LogP contribution in [0.4, 0.5) is 0 Å². The maximum absolute atomic E-state index is 6.93. The van der Waals surface area contributed by atoms with Crippen LogP contribution in [-0.4, -0.2) is 16.6 Å². The zero-order chi connectivity index (χ0) is 25.4. The van der Waals surface area contributed by atoms with Gasteiger partial charge in [-0.2, -0.15) is 0 Å². The van der Waals surface area contributed by atoms with Crippen LogP contribution in [0.1, 0.15) is 94.2 Å². The molecule has 182 valence electrons. The van der Waals surface area contributed by atoms with Gasteiger partial charge in [0.05, 0.1) is 0 Å². The third-order valence-corrected chi connectivity index (χ3v) is 16.4. The second-order valence-corrected chi connectivity index (χ2v) is 22.3. The minimum atomic E-state index is -2.01. The van der Waals surface area contributed by atoms with Crippen molar-refractivity contribution in [3.8, 4) is 11.5 Å². The Morgan fingerprint density at radius 3 is 1.00 bits per heavy atom. The molecule has 0 amide bonds. The first-order chi connectivity index (χ1) is 14.1. The van der Waals surface area contributed by atoms with Crippen LogP contribution >= 0.6 is 0 Å². The van der Waals surface area contributed by atoms with E-state index >= 15 is 0 Å². The first-order valence-corrected chi connectivity index (χ1v) is 17.8. The summed E-state index contributed by atoms with van der Waals surface area (Å²) in [7, 11) is -4.02. The van der Waals surface area contributed by atoms with Crippen LogP contribution in [0.15, 0.2) is 23.3 Å². The second-order valence-electron chi connectivity index (χ2n) is 12.8. The van der Waals surface area contributed by atoms with Crippen LogP contribution in [0.2, 0.25) is 36.3 Å². The quantitative estimate of drug-likeness (QED) is 0.382. The number of benzene rings is 1. The van der Waals surface area contributed by atoms with Crippen molar-refractivity contribution < 1.29 is 8.85 Å². The summed E-state index contributed by atoms with van der Waals surface area (Å²) in [6.07, 6.45) is 0. The average molecular weight is 475 g/mol. The van der Waals surface area contributed by atoms with Crippen LogP contribution in [0.3, 0.4) is 0 Å². The molecule has 0 aliphatic heterocycles. The lowest BCUT2D eigenvalue weighted by molar-refractivity contribution is 0.479. The number of allylic oxidation sites excluding steroid dienone is 4. The molecular weight excluding hydrogens is 424 g/mol. The molecule has 0 N–H and O–H groups in total. The van der Waals surface area contributed by atoms with Gasteiger partial charge in [0.15, 0.2) is 0 Å². The summed E-state index contributed by atoms with van der Waals surface area (Å²) in [5.74, 6) is 1.99. The molecule has 0 saturated heterocycles. The van der Waals surface area contributed by atoms with Crippen LogP contribution in [0.5, 0.6) is 11.5 Å². The lowest BCUT2D eigenvalue weighted by atomic mass is 9.96. The van der Waals surface area contributed by atoms with Gasteiger partial charge in [0, 0.05) is 11.1 Å². The summed E-state index contributed by atoms with van der Waals surface area (Å²) in [5, 5.41) is 0.260. The van der Waals surface area contributed by atoms with E-state index in [2.05, 4.69) is 121 Å². The molecular formula is C28H50O2Si2. The zero-order valence-electron chi connectivity index (χ0n) is 24.0. The molecule has 0 aromatic heterocycles. The molecule has 0 aliphatic carbocycles. The first-order valence-electron chi connectivity index (χ1n) is 12.0. The highest BCUT2D eigenvalue weighted by Crippen LogP contribution is 2.45. The molecule has 0 unspecified atom stereocenters. The fourth-order valence-corrected chi connectivity index (χ4v) is 4.76. The minimum Gasteiger partial charge on any atom is -0.543 e. The molecule has 0 radical (unpaired) electrons. The first kappa shape index (κ1) is 28.8. The van der Waals surface area contributed by atoms with Gasteiger partial charge in [0.1, 0.15) is 11.5 Å². The molecule has 0 saturated carbocycles. The Hall–Kier alpha value is -1.27. The standard InChI is InChI=1S/C28H50O2Si2/c1-19(2)21(5)23-17-26(30-32(15,16)28(10,11)12)24(22(6)20(3)4)18-25(23)29-31(13,14)27(7,8)9/h17-18H,1-16H3. The van der Waals surface area contributed by atoms with Crippen LogP contribution in [0, 0.1) is 0 Å². The molecule has 4 heteroatoms. The van der Waals surface area contributed by atoms with E-state index in [-0.39, 0.29) is 10.1 Å². The fourth-order valence-electron chi connectivity index (χ4n) is 2.71. The van der Waals surface area contributed by atoms with Crippen molar-refractivity contribution in [3.63, 3.8) is 0 Å². The number of rotatable bonds is 6. The van der Waals surface area contributed by atoms with E-state index in [0.717, 1.165) is 22.6 Å². The fraction of sp³-hybridized carbons (Fsp3) is 0.643. The molecule has 0 fully saturated rings. The molecule has 0 aliphatic rings. The highest BCUT2D eigenvalue weighted by Gasteiger charge is 2.41. The summed E-state index contributed by atoms with van der Waals surface area (Å²) >= 11 is 0. The normalized spacial score (nSPS) is 13.0. The van der Waals surface area contributed by atoms with Crippen molar-refractivity contribution in [2.75, 3.05) is 0 Å². The topological polar surface area (TPSA) is 18.5 Å². The van der Waals surface area contributed by atoms with Crippen LogP contribution in [0.25, 0.3) is 11.1 Å². The van der Waals surface area contributed by atoms with Gasteiger partial charge in [-0.25, -0.2) is 0 Å². The summed E-state index contributed by atoms with van der Waals surface area (Å²) in [4.78, 5) is 0. The van der Waals surface area contributed by atoms with E-state index < -0.39 is 16.6 Å². The number of hydrogen-bond acceptors (Lipinski definition) is 2. The van der Waals surface area contributed by atoms with E-state index in [1.807, 2.05) is 0 Å². The lowest BCUT2D eigenvalue weighted by Gasteiger charge is -2.39. The highest BCUT2D eigenvalue weighted by molar-refractivity contribution is 6.75. The molecule has 2 nitrogen and oxygen atoms in total. The van der Waals surface area contributed by atoms with Gasteiger partial charge in [-0.05, 0) is 101 Å². The Balaban J connectivity index is 3.96. The largest absolute Gasteiger partial charge is 0.543 e. The molecule has 0 atom stereocenters. The second kappa shape index (κ2) is 9.54. The Morgan fingerprint density at radius 2 is 0.812 bits per heavy atom. The third kappa shape index (κ3) is 6.41. The summed E-state index contributed by atoms with van der Waals surface area (Å²) in [5.41, 5.74) is 7.45. The average Bonchev–Trinajstić information content (AvgIpc) is 2.58. The molecule has 0 bridgehead atoms. The van der Waals surface area contributed by atoms with E-state index in [0.29, 0.717) is 0 Å². The Morgan fingerprint density at radius 1 is 0.562 bits per heavy atom. The van der Waals surface area contributed by atoms with Crippen molar-refractivity contribution in [2.24, 2.45) is 0 Å². The minimum absolute atomic E-state index is 0.130. The molecule has 32 heavy (non-hydrogen) atoms. The molecule has 1 aromatic carbocycles. The lowest BCUT2D eigenvalue weighted by Crippen LogP contribution is -2.44. The SMILES string of the molecule is CC(C)=C(C)c1cc(O[Si](C)(C)C(C)(C)C)c(C(C)=C(C)C)cc1O[Si](C)(C)C(C)(C)C. The Bertz CT molecular complexity index is 821. The Labute approximate surface area is 201 Å². The van der Waals surface area contributed by atoms with Crippen molar-refractivity contribution in [1.82, 2.24) is 0 Å². The van der Waals surface area contributed by atoms with Gasteiger partial charge in [0.25, 0.3) is 16.6 Å².